The first-order valence-electron chi connectivity index (χ1n) is 6.79. The number of aryl methyl sites for hydroxylation is 5. The van der Waals surface area contributed by atoms with E-state index in [0.717, 1.165) is 22.3 Å². The molecular weight excluding hydrogens is 271 g/mol. The maximum Gasteiger partial charge on any atom is 0.123 e. The van der Waals surface area contributed by atoms with Gasteiger partial charge in [-0.05, 0) is 80.1 Å². The summed E-state index contributed by atoms with van der Waals surface area (Å²) in [5.74, 6) is -0.204. The molecule has 0 aromatic heterocycles. The van der Waals surface area contributed by atoms with Crippen molar-refractivity contribution >= 4 is 11.6 Å². The predicted octanol–water partition coefficient (Wildman–Crippen LogP) is 5.70. The topological polar surface area (TPSA) is 0 Å². The van der Waals surface area contributed by atoms with Crippen molar-refractivity contribution in [3.8, 4) is 0 Å². The van der Waals surface area contributed by atoms with Crippen molar-refractivity contribution in [1.82, 2.24) is 0 Å². The van der Waals surface area contributed by atoms with Gasteiger partial charge in [0.1, 0.15) is 5.82 Å². The van der Waals surface area contributed by atoms with Crippen LogP contribution in [0.1, 0.15) is 44.3 Å². The van der Waals surface area contributed by atoms with Crippen LogP contribution in [0.15, 0.2) is 24.3 Å². The van der Waals surface area contributed by atoms with Crippen LogP contribution in [0.2, 0.25) is 0 Å². The number of hydrogen-bond acceptors (Lipinski definition) is 0. The van der Waals surface area contributed by atoms with Gasteiger partial charge in [0.25, 0.3) is 0 Å². The fourth-order valence-corrected chi connectivity index (χ4v) is 3.75. The third-order valence-corrected chi connectivity index (χ3v) is 4.24. The number of alkyl halides is 1. The summed E-state index contributed by atoms with van der Waals surface area (Å²) in [6.45, 7) is 10.1. The monoisotopic (exact) mass is 290 g/mol. The first kappa shape index (κ1) is 15.1. The van der Waals surface area contributed by atoms with Crippen molar-refractivity contribution < 1.29 is 4.39 Å². The lowest BCUT2D eigenvalue weighted by Gasteiger charge is -2.21. The Hall–Kier alpha value is -1.34. The third kappa shape index (κ3) is 2.73. The maximum atomic E-state index is 13.4. The largest absolute Gasteiger partial charge is 0.207 e. The average molecular weight is 291 g/mol. The number of rotatable bonds is 2. The highest BCUT2D eigenvalue weighted by Gasteiger charge is 2.20. The Bertz CT molecular complexity index is 555. The minimum atomic E-state index is -0.240. The van der Waals surface area contributed by atoms with E-state index in [1.165, 1.54) is 16.7 Å². The van der Waals surface area contributed by atoms with E-state index in [1.54, 1.807) is 12.1 Å². The molecule has 0 fully saturated rings. The zero-order valence-electron chi connectivity index (χ0n) is 12.6. The molecule has 0 heterocycles. The second-order valence-corrected chi connectivity index (χ2v) is 6.06. The average Bonchev–Trinajstić information content (AvgIpc) is 2.25. The van der Waals surface area contributed by atoms with Crippen LogP contribution in [0.4, 0.5) is 4.39 Å². The molecule has 0 saturated carbocycles. The van der Waals surface area contributed by atoms with Crippen LogP contribution in [-0.2, 0) is 0 Å². The summed E-state index contributed by atoms with van der Waals surface area (Å²) in [7, 11) is 0. The summed E-state index contributed by atoms with van der Waals surface area (Å²) >= 11 is 6.73. The molecule has 2 aromatic carbocycles. The van der Waals surface area contributed by atoms with E-state index in [-0.39, 0.29) is 11.2 Å². The molecule has 0 spiro atoms. The van der Waals surface area contributed by atoms with Gasteiger partial charge in [-0.15, -0.1) is 11.6 Å². The smallest absolute Gasteiger partial charge is 0.123 e. The molecule has 0 aliphatic rings. The van der Waals surface area contributed by atoms with E-state index in [9.17, 15) is 4.39 Å². The van der Waals surface area contributed by atoms with Crippen molar-refractivity contribution in [2.45, 2.75) is 40.0 Å². The van der Waals surface area contributed by atoms with Crippen LogP contribution in [-0.4, -0.2) is 0 Å². The quantitative estimate of drug-likeness (QED) is 0.623. The van der Waals surface area contributed by atoms with Crippen molar-refractivity contribution in [3.05, 3.63) is 69.0 Å². The normalized spacial score (nSPS) is 12.6. The Morgan fingerprint density at radius 1 is 0.750 bits per heavy atom. The summed E-state index contributed by atoms with van der Waals surface area (Å²) in [6, 6.07) is 7.39. The van der Waals surface area contributed by atoms with Gasteiger partial charge >= 0.3 is 0 Å². The summed E-state index contributed by atoms with van der Waals surface area (Å²) < 4.78 is 13.4. The summed E-state index contributed by atoms with van der Waals surface area (Å²) in [5.41, 5.74) is 7.57. The van der Waals surface area contributed by atoms with Crippen molar-refractivity contribution in [2.24, 2.45) is 0 Å². The van der Waals surface area contributed by atoms with E-state index in [4.69, 9.17) is 11.6 Å². The molecule has 2 heteroatoms. The summed E-state index contributed by atoms with van der Waals surface area (Å²) in [5, 5.41) is -0.240. The molecule has 0 aliphatic heterocycles. The first-order chi connectivity index (χ1) is 9.31. The Labute approximate surface area is 125 Å². The van der Waals surface area contributed by atoms with Crippen LogP contribution in [0.5, 0.6) is 0 Å². The molecule has 0 nitrogen and oxygen atoms in total. The molecule has 20 heavy (non-hydrogen) atoms. The standard InChI is InChI=1S/C18H20ClF/c1-10-6-11(2)16(12(3)7-10)18(19)17-13(4)8-15(20)9-14(17)5/h6-9,18H,1-5H3. The van der Waals surface area contributed by atoms with Gasteiger partial charge in [0.15, 0.2) is 0 Å². The molecule has 0 radical (unpaired) electrons. The van der Waals surface area contributed by atoms with Gasteiger partial charge in [0.05, 0.1) is 5.38 Å². The lowest BCUT2D eigenvalue weighted by molar-refractivity contribution is 0.624. The molecule has 1 unspecified atom stereocenters. The van der Waals surface area contributed by atoms with Gasteiger partial charge in [-0.3, -0.25) is 0 Å². The van der Waals surface area contributed by atoms with E-state index >= 15 is 0 Å². The molecule has 0 saturated heterocycles. The van der Waals surface area contributed by atoms with Crippen LogP contribution in [0.25, 0.3) is 0 Å². The highest BCUT2D eigenvalue weighted by molar-refractivity contribution is 6.23. The Balaban J connectivity index is 2.61. The van der Waals surface area contributed by atoms with Gasteiger partial charge in [0, 0.05) is 0 Å². The lowest BCUT2D eigenvalue weighted by Crippen LogP contribution is -2.05. The van der Waals surface area contributed by atoms with Gasteiger partial charge in [-0.1, -0.05) is 17.7 Å². The lowest BCUT2D eigenvalue weighted by atomic mass is 9.90. The molecule has 0 aliphatic carbocycles. The highest BCUT2D eigenvalue weighted by Crippen LogP contribution is 2.37. The van der Waals surface area contributed by atoms with Gasteiger partial charge in [-0.2, -0.15) is 0 Å². The molecular formula is C18H20ClF. The SMILES string of the molecule is Cc1cc(C)c(C(Cl)c2c(C)cc(F)cc2C)c(C)c1. The zero-order valence-corrected chi connectivity index (χ0v) is 13.4. The highest BCUT2D eigenvalue weighted by atomic mass is 35.5. The minimum absolute atomic E-state index is 0.204. The fraction of sp³-hybridized carbons (Fsp3) is 0.333. The molecule has 0 bridgehead atoms. The Kier molecular flexibility index (Phi) is 4.19. The predicted molar refractivity (Wildman–Crippen MR) is 84.2 cm³/mol. The van der Waals surface area contributed by atoms with E-state index in [2.05, 4.69) is 32.9 Å². The molecule has 2 rings (SSSR count). The van der Waals surface area contributed by atoms with Gasteiger partial charge in [0.2, 0.25) is 0 Å². The third-order valence-electron chi connectivity index (χ3n) is 3.80. The number of halogens is 2. The maximum absolute atomic E-state index is 13.4. The zero-order chi connectivity index (χ0) is 15.0. The summed E-state index contributed by atoms with van der Waals surface area (Å²) in [6.07, 6.45) is 0. The second kappa shape index (κ2) is 5.57. The molecule has 106 valence electrons. The van der Waals surface area contributed by atoms with Gasteiger partial charge < -0.3 is 0 Å². The minimum Gasteiger partial charge on any atom is -0.207 e. The Morgan fingerprint density at radius 2 is 1.10 bits per heavy atom. The van der Waals surface area contributed by atoms with E-state index in [0.29, 0.717) is 0 Å². The molecule has 1 atom stereocenters. The second-order valence-electron chi connectivity index (χ2n) is 5.63. The van der Waals surface area contributed by atoms with Crippen LogP contribution in [0.3, 0.4) is 0 Å². The van der Waals surface area contributed by atoms with Crippen molar-refractivity contribution in [1.29, 1.82) is 0 Å². The van der Waals surface area contributed by atoms with Crippen LogP contribution < -0.4 is 0 Å². The van der Waals surface area contributed by atoms with Crippen LogP contribution in [0, 0.1) is 40.4 Å². The van der Waals surface area contributed by atoms with Gasteiger partial charge in [-0.25, -0.2) is 4.39 Å². The van der Waals surface area contributed by atoms with E-state index in [1.807, 2.05) is 13.8 Å². The van der Waals surface area contributed by atoms with E-state index < -0.39 is 0 Å². The number of hydrogen-bond donors (Lipinski definition) is 0. The fourth-order valence-electron chi connectivity index (χ4n) is 3.06. The Morgan fingerprint density at radius 3 is 1.50 bits per heavy atom. The molecule has 2 aromatic rings. The van der Waals surface area contributed by atoms with Crippen molar-refractivity contribution in [3.63, 3.8) is 0 Å². The number of benzene rings is 2. The molecule has 0 amide bonds. The van der Waals surface area contributed by atoms with Crippen LogP contribution >= 0.6 is 11.6 Å². The summed E-state index contributed by atoms with van der Waals surface area (Å²) in [4.78, 5) is 0. The molecule has 0 N–H and O–H groups in total. The van der Waals surface area contributed by atoms with Crippen molar-refractivity contribution in [2.75, 3.05) is 0 Å². The first-order valence-corrected chi connectivity index (χ1v) is 7.23.